The van der Waals surface area contributed by atoms with Crippen LogP contribution in [-0.2, 0) is 11.3 Å². The predicted octanol–water partition coefficient (Wildman–Crippen LogP) is 3.07. The summed E-state index contributed by atoms with van der Waals surface area (Å²) in [7, 11) is 1.62. The standard InChI is InChI=1S/C18H27F3N4O2.HI/c1-17(2,3)15(26)23-9-10-24-16(22-4)25-11-13-5-7-14(8-6-13)27-12-18(19,20)21;/h5-8H,9-12H2,1-4H3,(H,23,26)(H2,22,24,25);1H. The molecule has 1 rings (SSSR count). The topological polar surface area (TPSA) is 74.8 Å². The number of amides is 1. The normalized spacial score (nSPS) is 12.0. The number of ether oxygens (including phenoxy) is 1. The second kappa shape index (κ2) is 12.0. The maximum absolute atomic E-state index is 12.1. The van der Waals surface area contributed by atoms with Gasteiger partial charge in [-0.2, -0.15) is 13.2 Å². The van der Waals surface area contributed by atoms with Gasteiger partial charge in [0.15, 0.2) is 12.6 Å². The summed E-state index contributed by atoms with van der Waals surface area (Å²) < 4.78 is 41.0. The Morgan fingerprint density at radius 3 is 2.11 bits per heavy atom. The average molecular weight is 516 g/mol. The molecule has 0 aliphatic carbocycles. The van der Waals surface area contributed by atoms with Crippen LogP contribution in [0.4, 0.5) is 13.2 Å². The number of hydrogen-bond acceptors (Lipinski definition) is 3. The summed E-state index contributed by atoms with van der Waals surface area (Å²) in [5.41, 5.74) is 0.425. The fourth-order valence-electron chi connectivity index (χ4n) is 1.90. The highest BCUT2D eigenvalue weighted by Gasteiger charge is 2.28. The van der Waals surface area contributed by atoms with Gasteiger partial charge in [0, 0.05) is 32.1 Å². The minimum atomic E-state index is -4.36. The smallest absolute Gasteiger partial charge is 0.422 e. The molecule has 1 aromatic carbocycles. The van der Waals surface area contributed by atoms with Gasteiger partial charge in [-0.1, -0.05) is 32.9 Å². The molecule has 1 aromatic rings. The third-order valence-electron chi connectivity index (χ3n) is 3.39. The summed E-state index contributed by atoms with van der Waals surface area (Å²) in [5, 5.41) is 8.98. The molecule has 0 radical (unpaired) electrons. The lowest BCUT2D eigenvalue weighted by Crippen LogP contribution is -2.43. The Hall–Kier alpha value is -1.72. The van der Waals surface area contributed by atoms with Crippen molar-refractivity contribution in [1.29, 1.82) is 0 Å². The molecular weight excluding hydrogens is 488 g/mol. The number of halogens is 4. The summed E-state index contributed by atoms with van der Waals surface area (Å²) in [6.45, 7) is 5.62. The Labute approximate surface area is 180 Å². The van der Waals surface area contributed by atoms with Crippen molar-refractivity contribution in [3.05, 3.63) is 29.8 Å². The molecule has 0 heterocycles. The van der Waals surface area contributed by atoms with Gasteiger partial charge in [-0.3, -0.25) is 9.79 Å². The molecule has 0 aromatic heterocycles. The Morgan fingerprint density at radius 2 is 1.61 bits per heavy atom. The molecule has 1 amide bonds. The second-order valence-corrected chi connectivity index (χ2v) is 6.91. The van der Waals surface area contributed by atoms with Crippen LogP contribution in [0, 0.1) is 5.41 Å². The maximum Gasteiger partial charge on any atom is 0.422 e. The van der Waals surface area contributed by atoms with E-state index in [4.69, 9.17) is 0 Å². The zero-order chi connectivity index (χ0) is 20.5. The van der Waals surface area contributed by atoms with Gasteiger partial charge in [-0.05, 0) is 17.7 Å². The highest BCUT2D eigenvalue weighted by molar-refractivity contribution is 14.0. The first kappa shape index (κ1) is 26.3. The van der Waals surface area contributed by atoms with E-state index >= 15 is 0 Å². The van der Waals surface area contributed by atoms with Crippen LogP contribution in [0.1, 0.15) is 26.3 Å². The molecule has 160 valence electrons. The van der Waals surface area contributed by atoms with Crippen molar-refractivity contribution < 1.29 is 22.7 Å². The van der Waals surface area contributed by atoms with Crippen molar-refractivity contribution in [1.82, 2.24) is 16.0 Å². The van der Waals surface area contributed by atoms with E-state index < -0.39 is 18.2 Å². The van der Waals surface area contributed by atoms with Crippen molar-refractivity contribution >= 4 is 35.8 Å². The molecule has 0 saturated carbocycles. The third kappa shape index (κ3) is 11.2. The number of carbonyl (C=O) groups is 1. The minimum Gasteiger partial charge on any atom is -0.484 e. The van der Waals surface area contributed by atoms with E-state index in [9.17, 15) is 18.0 Å². The van der Waals surface area contributed by atoms with Crippen LogP contribution in [0.25, 0.3) is 0 Å². The predicted molar refractivity (Wildman–Crippen MR) is 114 cm³/mol. The molecule has 0 atom stereocenters. The van der Waals surface area contributed by atoms with Crippen LogP contribution in [-0.4, -0.2) is 44.8 Å². The van der Waals surface area contributed by atoms with Crippen molar-refractivity contribution in [3.63, 3.8) is 0 Å². The number of guanidine groups is 1. The molecule has 0 spiro atoms. The lowest BCUT2D eigenvalue weighted by atomic mass is 9.96. The van der Waals surface area contributed by atoms with Crippen molar-refractivity contribution in [2.45, 2.75) is 33.5 Å². The van der Waals surface area contributed by atoms with Crippen molar-refractivity contribution in [3.8, 4) is 5.75 Å². The summed E-state index contributed by atoms with van der Waals surface area (Å²) in [4.78, 5) is 15.8. The van der Waals surface area contributed by atoms with Crippen molar-refractivity contribution in [2.75, 3.05) is 26.7 Å². The SMILES string of the molecule is CN=C(NCCNC(=O)C(C)(C)C)NCc1ccc(OCC(F)(F)F)cc1.I. The van der Waals surface area contributed by atoms with Crippen LogP contribution in [0.15, 0.2) is 29.3 Å². The molecule has 0 saturated heterocycles. The molecule has 0 aliphatic heterocycles. The third-order valence-corrected chi connectivity index (χ3v) is 3.39. The first-order chi connectivity index (χ1) is 12.5. The highest BCUT2D eigenvalue weighted by Crippen LogP contribution is 2.18. The summed E-state index contributed by atoms with van der Waals surface area (Å²) in [5.74, 6) is 0.686. The van der Waals surface area contributed by atoms with E-state index in [2.05, 4.69) is 25.7 Å². The molecule has 0 fully saturated rings. The van der Waals surface area contributed by atoms with Gasteiger partial charge in [0.05, 0.1) is 0 Å². The lowest BCUT2D eigenvalue weighted by Gasteiger charge is -2.18. The van der Waals surface area contributed by atoms with E-state index in [1.165, 1.54) is 12.1 Å². The molecule has 28 heavy (non-hydrogen) atoms. The fourth-order valence-corrected chi connectivity index (χ4v) is 1.90. The number of alkyl halides is 3. The Bertz CT molecular complexity index is 629. The molecule has 0 bridgehead atoms. The number of benzene rings is 1. The number of nitrogens with one attached hydrogen (secondary N) is 3. The molecule has 0 unspecified atom stereocenters. The van der Waals surface area contributed by atoms with Gasteiger partial charge in [0.1, 0.15) is 5.75 Å². The summed E-state index contributed by atoms with van der Waals surface area (Å²) in [6, 6.07) is 6.33. The monoisotopic (exact) mass is 516 g/mol. The van der Waals surface area contributed by atoms with E-state index in [1.54, 1.807) is 19.2 Å². The van der Waals surface area contributed by atoms with Crippen molar-refractivity contribution in [2.24, 2.45) is 10.4 Å². The fraction of sp³-hybridized carbons (Fsp3) is 0.556. The maximum atomic E-state index is 12.1. The summed E-state index contributed by atoms with van der Waals surface area (Å²) >= 11 is 0. The van der Waals surface area contributed by atoms with Gasteiger partial charge >= 0.3 is 6.18 Å². The first-order valence-corrected chi connectivity index (χ1v) is 8.52. The average Bonchev–Trinajstić information content (AvgIpc) is 2.58. The Kier molecular flexibility index (Phi) is 11.2. The van der Waals surface area contributed by atoms with Crippen LogP contribution in [0.3, 0.4) is 0 Å². The molecule has 3 N–H and O–H groups in total. The molecule has 10 heteroatoms. The van der Waals surface area contributed by atoms with E-state index in [-0.39, 0.29) is 35.6 Å². The largest absolute Gasteiger partial charge is 0.484 e. The van der Waals surface area contributed by atoms with Gasteiger partial charge in [0.25, 0.3) is 0 Å². The Morgan fingerprint density at radius 1 is 1.04 bits per heavy atom. The van der Waals surface area contributed by atoms with Gasteiger partial charge in [-0.15, -0.1) is 24.0 Å². The van der Waals surface area contributed by atoms with Crippen LogP contribution in [0.2, 0.25) is 0 Å². The van der Waals surface area contributed by atoms with E-state index in [1.807, 2.05) is 20.8 Å². The molecule has 0 aliphatic rings. The van der Waals surface area contributed by atoms with Crippen LogP contribution < -0.4 is 20.7 Å². The minimum absolute atomic E-state index is 0. The molecular formula is C18H28F3IN4O2. The number of hydrogen-bond donors (Lipinski definition) is 3. The van der Waals surface area contributed by atoms with Gasteiger partial charge < -0.3 is 20.7 Å². The van der Waals surface area contributed by atoms with Gasteiger partial charge in [0.2, 0.25) is 5.91 Å². The van der Waals surface area contributed by atoms with E-state index in [0.717, 1.165) is 5.56 Å². The van der Waals surface area contributed by atoms with Crippen LogP contribution in [0.5, 0.6) is 5.75 Å². The lowest BCUT2D eigenvalue weighted by molar-refractivity contribution is -0.153. The quantitative estimate of drug-likeness (QED) is 0.226. The number of nitrogens with zero attached hydrogens (tertiary/aromatic N) is 1. The first-order valence-electron chi connectivity index (χ1n) is 8.52. The van der Waals surface area contributed by atoms with Crippen LogP contribution >= 0.6 is 24.0 Å². The number of carbonyl (C=O) groups excluding carboxylic acids is 1. The van der Waals surface area contributed by atoms with E-state index in [0.29, 0.717) is 25.6 Å². The zero-order valence-corrected chi connectivity index (χ0v) is 18.8. The molecule has 6 nitrogen and oxygen atoms in total. The second-order valence-electron chi connectivity index (χ2n) is 6.91. The Balaban J connectivity index is 0.00000729. The zero-order valence-electron chi connectivity index (χ0n) is 16.4. The van der Waals surface area contributed by atoms with Gasteiger partial charge in [-0.25, -0.2) is 0 Å². The number of rotatable bonds is 7. The summed E-state index contributed by atoms with van der Waals surface area (Å²) in [6.07, 6.45) is -4.36. The number of aliphatic imine (C=N–C) groups is 1. The highest BCUT2D eigenvalue weighted by atomic mass is 127.